The van der Waals surface area contributed by atoms with Crippen molar-refractivity contribution < 1.29 is 18.7 Å². The standard InChI is InChI=1S/C28H39N5O4S/c1-3-18-36-23-10-8-22(9-11-23)29-26(34)20-25-27(35)33(21-24-7-5-19-37-24)28(38)32(25)13-6-12-31-16-14-30(4-2)15-17-31/h5,7-11,19,25H,3-4,6,12-18,20-21H2,1-2H3,(H,29,34)/t25-/m0/s1. The first-order chi connectivity index (χ1) is 18.5. The van der Waals surface area contributed by atoms with Crippen molar-refractivity contribution in [3.63, 3.8) is 0 Å². The van der Waals surface area contributed by atoms with Gasteiger partial charge in [-0.2, -0.15) is 0 Å². The fourth-order valence-corrected chi connectivity index (χ4v) is 5.26. The molecule has 4 rings (SSSR count). The number of ether oxygens (including phenoxy) is 1. The van der Waals surface area contributed by atoms with Crippen molar-refractivity contribution in [1.29, 1.82) is 0 Å². The molecule has 2 aromatic rings. The summed E-state index contributed by atoms with van der Waals surface area (Å²) in [5.74, 6) is 1.03. The number of furan rings is 1. The van der Waals surface area contributed by atoms with Gasteiger partial charge in [0.25, 0.3) is 5.91 Å². The Hall–Kier alpha value is -2.95. The van der Waals surface area contributed by atoms with Crippen LogP contribution in [-0.2, 0) is 16.1 Å². The lowest BCUT2D eigenvalue weighted by Gasteiger charge is -2.34. The summed E-state index contributed by atoms with van der Waals surface area (Å²) in [6, 6.07) is 10.3. The summed E-state index contributed by atoms with van der Waals surface area (Å²) in [6.45, 7) is 12.1. The van der Waals surface area contributed by atoms with Crippen LogP contribution >= 0.6 is 12.2 Å². The maximum Gasteiger partial charge on any atom is 0.252 e. The van der Waals surface area contributed by atoms with Crippen LogP contribution in [0.2, 0.25) is 0 Å². The van der Waals surface area contributed by atoms with E-state index in [1.807, 2.05) is 35.2 Å². The Kier molecular flexibility index (Phi) is 10.1. The molecular formula is C28H39N5O4S. The van der Waals surface area contributed by atoms with Crippen molar-refractivity contribution in [3.05, 3.63) is 48.4 Å². The summed E-state index contributed by atoms with van der Waals surface area (Å²) in [6.07, 6.45) is 3.40. The lowest BCUT2D eigenvalue weighted by Crippen LogP contribution is -2.47. The van der Waals surface area contributed by atoms with Gasteiger partial charge in [-0.15, -0.1) is 0 Å². The molecule has 2 aliphatic rings. The lowest BCUT2D eigenvalue weighted by molar-refractivity contribution is -0.131. The number of hydrogen-bond donors (Lipinski definition) is 1. The summed E-state index contributed by atoms with van der Waals surface area (Å²) >= 11 is 5.75. The number of piperazine rings is 1. The first kappa shape index (κ1) is 28.1. The number of carbonyl (C=O) groups excluding carboxylic acids is 2. The van der Waals surface area contributed by atoms with Crippen molar-refractivity contribution in [2.75, 3.05) is 57.7 Å². The Balaban J connectivity index is 1.37. The Morgan fingerprint density at radius 1 is 1.08 bits per heavy atom. The molecule has 2 fully saturated rings. The number of nitrogens with one attached hydrogen (secondary N) is 1. The van der Waals surface area contributed by atoms with Gasteiger partial charge in [-0.05, 0) is 74.5 Å². The normalized spacial score (nSPS) is 18.8. The zero-order valence-electron chi connectivity index (χ0n) is 22.4. The van der Waals surface area contributed by atoms with E-state index in [4.69, 9.17) is 21.4 Å². The zero-order valence-corrected chi connectivity index (χ0v) is 23.3. The number of thiocarbonyl (C=S) groups is 1. The molecule has 1 aromatic carbocycles. The van der Waals surface area contributed by atoms with Gasteiger partial charge in [0.1, 0.15) is 17.6 Å². The molecule has 2 saturated heterocycles. The second-order valence-electron chi connectivity index (χ2n) is 9.75. The van der Waals surface area contributed by atoms with Crippen molar-refractivity contribution in [2.45, 2.75) is 45.7 Å². The first-order valence-electron chi connectivity index (χ1n) is 13.6. The van der Waals surface area contributed by atoms with Crippen LogP contribution in [0.5, 0.6) is 5.75 Å². The summed E-state index contributed by atoms with van der Waals surface area (Å²) < 4.78 is 11.1. The molecule has 2 aliphatic heterocycles. The molecule has 0 unspecified atom stereocenters. The molecule has 9 nitrogen and oxygen atoms in total. The summed E-state index contributed by atoms with van der Waals surface area (Å²) in [5, 5.41) is 3.38. The molecule has 3 heterocycles. The number of anilines is 1. The minimum Gasteiger partial charge on any atom is -0.494 e. The van der Waals surface area contributed by atoms with Gasteiger partial charge < -0.3 is 29.2 Å². The SMILES string of the molecule is CCCOc1ccc(NC(=O)C[C@H]2C(=O)N(Cc3ccco3)C(=S)N2CCCN2CCN(CC)CC2)cc1. The number of likely N-dealkylation sites (N-methyl/N-ethyl adjacent to an activating group) is 1. The van der Waals surface area contributed by atoms with E-state index < -0.39 is 6.04 Å². The Morgan fingerprint density at radius 2 is 1.82 bits per heavy atom. The van der Waals surface area contributed by atoms with Gasteiger partial charge in [0.15, 0.2) is 5.11 Å². The van der Waals surface area contributed by atoms with E-state index in [1.165, 1.54) is 0 Å². The van der Waals surface area contributed by atoms with Gasteiger partial charge in [0, 0.05) is 38.4 Å². The van der Waals surface area contributed by atoms with Crippen LogP contribution in [0, 0.1) is 0 Å². The fourth-order valence-electron chi connectivity index (χ4n) is 4.88. The highest BCUT2D eigenvalue weighted by atomic mass is 32.1. The smallest absolute Gasteiger partial charge is 0.252 e. The minimum absolute atomic E-state index is 0.0247. The first-order valence-corrected chi connectivity index (χ1v) is 14.0. The number of rotatable bonds is 13. The van der Waals surface area contributed by atoms with Gasteiger partial charge in [0.2, 0.25) is 5.91 Å². The predicted octanol–water partition coefficient (Wildman–Crippen LogP) is 3.42. The predicted molar refractivity (Wildman–Crippen MR) is 151 cm³/mol. The van der Waals surface area contributed by atoms with Gasteiger partial charge in [-0.3, -0.25) is 14.5 Å². The molecule has 2 amide bonds. The average molecular weight is 542 g/mol. The number of benzene rings is 1. The fraction of sp³-hybridized carbons (Fsp3) is 0.536. The molecule has 1 N–H and O–H groups in total. The van der Waals surface area contributed by atoms with Crippen molar-refractivity contribution in [1.82, 2.24) is 19.6 Å². The third-order valence-corrected chi connectivity index (χ3v) is 7.53. The van der Waals surface area contributed by atoms with Crippen LogP contribution in [-0.4, -0.2) is 95.0 Å². The molecule has 0 radical (unpaired) electrons. The average Bonchev–Trinajstić information content (AvgIpc) is 3.52. The molecule has 0 spiro atoms. The number of amides is 2. The highest BCUT2D eigenvalue weighted by molar-refractivity contribution is 7.80. The molecule has 0 aliphatic carbocycles. The number of hydrogen-bond acceptors (Lipinski definition) is 7. The molecule has 1 atom stereocenters. The zero-order chi connectivity index (χ0) is 26.9. The van der Waals surface area contributed by atoms with Crippen molar-refractivity contribution >= 4 is 34.8 Å². The Bertz CT molecular complexity index is 1050. The van der Waals surface area contributed by atoms with Crippen LogP contribution in [0.15, 0.2) is 47.1 Å². The minimum atomic E-state index is -0.637. The summed E-state index contributed by atoms with van der Waals surface area (Å²) in [7, 11) is 0. The highest BCUT2D eigenvalue weighted by Crippen LogP contribution is 2.25. The summed E-state index contributed by atoms with van der Waals surface area (Å²) in [5.41, 5.74) is 0.664. The topological polar surface area (TPSA) is 81.5 Å². The third-order valence-electron chi connectivity index (χ3n) is 7.07. The van der Waals surface area contributed by atoms with E-state index in [1.54, 1.807) is 17.2 Å². The van der Waals surface area contributed by atoms with Crippen LogP contribution in [0.3, 0.4) is 0 Å². The van der Waals surface area contributed by atoms with Gasteiger partial charge in [-0.25, -0.2) is 0 Å². The maximum absolute atomic E-state index is 13.5. The Labute approximate surface area is 230 Å². The van der Waals surface area contributed by atoms with Crippen molar-refractivity contribution in [2.24, 2.45) is 0 Å². The molecule has 0 saturated carbocycles. The third kappa shape index (κ3) is 7.33. The van der Waals surface area contributed by atoms with E-state index in [0.29, 0.717) is 29.7 Å². The van der Waals surface area contributed by atoms with Crippen LogP contribution in [0.25, 0.3) is 0 Å². The van der Waals surface area contributed by atoms with E-state index >= 15 is 0 Å². The second-order valence-corrected chi connectivity index (χ2v) is 10.1. The van der Waals surface area contributed by atoms with Crippen LogP contribution in [0.4, 0.5) is 5.69 Å². The molecular weight excluding hydrogens is 502 g/mol. The van der Waals surface area contributed by atoms with E-state index in [2.05, 4.69) is 29.0 Å². The Morgan fingerprint density at radius 3 is 2.47 bits per heavy atom. The molecule has 10 heteroatoms. The maximum atomic E-state index is 13.5. The molecule has 38 heavy (non-hydrogen) atoms. The van der Waals surface area contributed by atoms with E-state index in [0.717, 1.165) is 57.9 Å². The largest absolute Gasteiger partial charge is 0.494 e. The van der Waals surface area contributed by atoms with Crippen LogP contribution in [0.1, 0.15) is 38.9 Å². The molecule has 1 aromatic heterocycles. The van der Waals surface area contributed by atoms with E-state index in [-0.39, 0.29) is 24.8 Å². The number of nitrogens with zero attached hydrogens (tertiary/aromatic N) is 4. The van der Waals surface area contributed by atoms with Gasteiger partial charge >= 0.3 is 0 Å². The second kappa shape index (κ2) is 13.7. The van der Waals surface area contributed by atoms with Crippen LogP contribution < -0.4 is 10.1 Å². The van der Waals surface area contributed by atoms with Gasteiger partial charge in [-0.1, -0.05) is 13.8 Å². The lowest BCUT2D eigenvalue weighted by atomic mass is 10.1. The van der Waals surface area contributed by atoms with Crippen molar-refractivity contribution in [3.8, 4) is 5.75 Å². The van der Waals surface area contributed by atoms with E-state index in [9.17, 15) is 9.59 Å². The molecule has 0 bridgehead atoms. The number of carbonyl (C=O) groups is 2. The molecule has 206 valence electrons. The summed E-state index contributed by atoms with van der Waals surface area (Å²) in [4.78, 5) is 34.9. The quantitative estimate of drug-likeness (QED) is 0.387. The monoisotopic (exact) mass is 541 g/mol. The highest BCUT2D eigenvalue weighted by Gasteiger charge is 2.43. The van der Waals surface area contributed by atoms with Gasteiger partial charge in [0.05, 0.1) is 25.8 Å².